The van der Waals surface area contributed by atoms with Gasteiger partial charge in [-0.3, -0.25) is 0 Å². The number of nitrogens with two attached hydrogens (primary N) is 1. The maximum absolute atomic E-state index is 5.77. The Bertz CT molecular complexity index is 318. The number of hydrogen-bond donors (Lipinski definition) is 1. The third-order valence-corrected chi connectivity index (χ3v) is 4.09. The minimum Gasteiger partial charge on any atom is -0.445 e. The van der Waals surface area contributed by atoms with Crippen LogP contribution in [0, 0.1) is 0 Å². The summed E-state index contributed by atoms with van der Waals surface area (Å²) >= 11 is 2.03. The zero-order valence-electron chi connectivity index (χ0n) is 9.16. The van der Waals surface area contributed by atoms with E-state index in [1.807, 2.05) is 18.0 Å². The summed E-state index contributed by atoms with van der Waals surface area (Å²) in [6, 6.07) is 0. The van der Waals surface area contributed by atoms with Gasteiger partial charge in [-0.2, -0.15) is 11.8 Å². The normalized spacial score (nSPS) is 20.4. The van der Waals surface area contributed by atoms with Crippen LogP contribution in [0.4, 0.5) is 0 Å². The Morgan fingerprint density at radius 3 is 2.93 bits per heavy atom. The van der Waals surface area contributed by atoms with Gasteiger partial charge in [-0.1, -0.05) is 6.92 Å². The lowest BCUT2D eigenvalue weighted by atomic mass is 9.82. The van der Waals surface area contributed by atoms with Crippen molar-refractivity contribution in [1.29, 1.82) is 0 Å². The monoisotopic (exact) mass is 226 g/mol. The fourth-order valence-electron chi connectivity index (χ4n) is 1.90. The molecule has 0 radical (unpaired) electrons. The lowest BCUT2D eigenvalue weighted by Gasteiger charge is -2.30. The molecule has 1 aliphatic rings. The average Bonchev–Trinajstić information content (AvgIpc) is 2.69. The highest BCUT2D eigenvalue weighted by atomic mass is 32.2. The molecule has 1 aromatic heterocycles. The highest BCUT2D eigenvalue weighted by molar-refractivity contribution is 7.99. The van der Waals surface area contributed by atoms with E-state index in [0.29, 0.717) is 6.54 Å². The van der Waals surface area contributed by atoms with Crippen LogP contribution in [-0.4, -0.2) is 23.0 Å². The molecular formula is C11H18N2OS. The molecule has 0 aromatic carbocycles. The lowest BCUT2D eigenvalue weighted by molar-refractivity contribution is 0.325. The molecule has 1 saturated heterocycles. The zero-order chi connectivity index (χ0) is 10.7. The van der Waals surface area contributed by atoms with Gasteiger partial charge >= 0.3 is 0 Å². The van der Waals surface area contributed by atoms with E-state index in [1.54, 1.807) is 0 Å². The second-order valence-corrected chi connectivity index (χ2v) is 5.55. The average molecular weight is 226 g/mol. The molecule has 84 valence electrons. The standard InChI is InChI=1S/C11H18N2OS/c1-11(3-6-15-7-4-11)9-8-13-10(14-9)2-5-12/h8H,2-7,12H2,1H3. The van der Waals surface area contributed by atoms with Gasteiger partial charge in [0.1, 0.15) is 5.76 Å². The topological polar surface area (TPSA) is 52.0 Å². The Morgan fingerprint density at radius 1 is 1.53 bits per heavy atom. The summed E-state index contributed by atoms with van der Waals surface area (Å²) < 4.78 is 5.77. The van der Waals surface area contributed by atoms with Crippen LogP contribution in [0.15, 0.2) is 10.6 Å². The maximum atomic E-state index is 5.77. The van der Waals surface area contributed by atoms with E-state index in [0.717, 1.165) is 18.1 Å². The summed E-state index contributed by atoms with van der Waals surface area (Å²) in [7, 11) is 0. The Morgan fingerprint density at radius 2 is 2.27 bits per heavy atom. The van der Waals surface area contributed by atoms with E-state index in [1.165, 1.54) is 24.3 Å². The van der Waals surface area contributed by atoms with Crippen molar-refractivity contribution in [1.82, 2.24) is 4.98 Å². The Labute approximate surface area is 94.8 Å². The second kappa shape index (κ2) is 4.58. The van der Waals surface area contributed by atoms with Gasteiger partial charge in [0.25, 0.3) is 0 Å². The van der Waals surface area contributed by atoms with Crippen molar-refractivity contribution in [3.05, 3.63) is 17.8 Å². The molecule has 1 aliphatic heterocycles. The lowest BCUT2D eigenvalue weighted by Crippen LogP contribution is -2.26. The quantitative estimate of drug-likeness (QED) is 0.856. The van der Waals surface area contributed by atoms with E-state index < -0.39 is 0 Å². The summed E-state index contributed by atoms with van der Waals surface area (Å²) in [5.41, 5.74) is 5.68. The van der Waals surface area contributed by atoms with E-state index in [-0.39, 0.29) is 5.41 Å². The molecule has 1 aromatic rings. The van der Waals surface area contributed by atoms with E-state index in [4.69, 9.17) is 10.2 Å². The highest BCUT2D eigenvalue weighted by Gasteiger charge is 2.32. The van der Waals surface area contributed by atoms with Gasteiger partial charge in [-0.25, -0.2) is 4.98 Å². The molecule has 0 saturated carbocycles. The van der Waals surface area contributed by atoms with Gasteiger partial charge in [0.2, 0.25) is 0 Å². The summed E-state index contributed by atoms with van der Waals surface area (Å²) in [5, 5.41) is 0. The molecule has 1 fully saturated rings. The highest BCUT2D eigenvalue weighted by Crippen LogP contribution is 2.37. The molecule has 0 amide bonds. The smallest absolute Gasteiger partial charge is 0.195 e. The van der Waals surface area contributed by atoms with E-state index >= 15 is 0 Å². The van der Waals surface area contributed by atoms with Crippen LogP contribution in [0.3, 0.4) is 0 Å². The number of oxazole rings is 1. The van der Waals surface area contributed by atoms with Crippen LogP contribution in [-0.2, 0) is 11.8 Å². The number of thioether (sulfide) groups is 1. The number of aromatic nitrogens is 1. The number of nitrogens with zero attached hydrogens (tertiary/aromatic N) is 1. The molecular weight excluding hydrogens is 208 g/mol. The molecule has 4 heteroatoms. The molecule has 0 aliphatic carbocycles. The first-order valence-corrected chi connectivity index (χ1v) is 6.63. The van der Waals surface area contributed by atoms with Crippen molar-refractivity contribution in [2.45, 2.75) is 31.6 Å². The van der Waals surface area contributed by atoms with Crippen LogP contribution in [0.5, 0.6) is 0 Å². The largest absolute Gasteiger partial charge is 0.445 e. The number of hydrogen-bond acceptors (Lipinski definition) is 4. The van der Waals surface area contributed by atoms with Crippen LogP contribution >= 0.6 is 11.8 Å². The van der Waals surface area contributed by atoms with E-state index in [2.05, 4.69) is 11.9 Å². The van der Waals surface area contributed by atoms with Crippen molar-refractivity contribution in [2.75, 3.05) is 18.1 Å². The van der Waals surface area contributed by atoms with Crippen molar-refractivity contribution >= 4 is 11.8 Å². The summed E-state index contributed by atoms with van der Waals surface area (Å²) in [4.78, 5) is 4.27. The molecule has 0 unspecified atom stereocenters. The van der Waals surface area contributed by atoms with Gasteiger partial charge in [-0.15, -0.1) is 0 Å². The first-order chi connectivity index (χ1) is 7.24. The van der Waals surface area contributed by atoms with Crippen LogP contribution in [0.25, 0.3) is 0 Å². The van der Waals surface area contributed by atoms with Crippen molar-refractivity contribution in [2.24, 2.45) is 5.73 Å². The fourth-order valence-corrected chi connectivity index (χ4v) is 3.29. The fraction of sp³-hybridized carbons (Fsp3) is 0.727. The SMILES string of the molecule is CC1(c2cnc(CCN)o2)CCSCC1. The number of rotatable bonds is 3. The van der Waals surface area contributed by atoms with Gasteiger partial charge < -0.3 is 10.2 Å². The summed E-state index contributed by atoms with van der Waals surface area (Å²) in [5.74, 6) is 4.28. The molecule has 0 atom stereocenters. The van der Waals surface area contributed by atoms with Crippen molar-refractivity contribution in [3.63, 3.8) is 0 Å². The Hall–Kier alpha value is -0.480. The molecule has 2 rings (SSSR count). The molecule has 3 nitrogen and oxygen atoms in total. The molecule has 0 spiro atoms. The maximum Gasteiger partial charge on any atom is 0.195 e. The summed E-state index contributed by atoms with van der Waals surface area (Å²) in [6.45, 7) is 2.88. The summed E-state index contributed by atoms with van der Waals surface area (Å²) in [6.07, 6.45) is 5.01. The van der Waals surface area contributed by atoms with E-state index in [9.17, 15) is 0 Å². The predicted molar refractivity (Wildman–Crippen MR) is 63.2 cm³/mol. The van der Waals surface area contributed by atoms with Crippen molar-refractivity contribution < 1.29 is 4.42 Å². The third-order valence-electron chi connectivity index (χ3n) is 3.10. The zero-order valence-corrected chi connectivity index (χ0v) is 9.98. The van der Waals surface area contributed by atoms with Gasteiger partial charge in [-0.05, 0) is 24.3 Å². The van der Waals surface area contributed by atoms with Gasteiger partial charge in [0.15, 0.2) is 5.89 Å². The van der Waals surface area contributed by atoms with Crippen molar-refractivity contribution in [3.8, 4) is 0 Å². The first-order valence-electron chi connectivity index (χ1n) is 5.47. The second-order valence-electron chi connectivity index (χ2n) is 4.33. The van der Waals surface area contributed by atoms with Gasteiger partial charge in [0, 0.05) is 18.4 Å². The molecule has 0 bridgehead atoms. The Kier molecular flexibility index (Phi) is 3.36. The Balaban J connectivity index is 2.12. The minimum atomic E-state index is 0.200. The third kappa shape index (κ3) is 2.37. The van der Waals surface area contributed by atoms with Crippen LogP contribution in [0.2, 0.25) is 0 Å². The minimum absolute atomic E-state index is 0.200. The van der Waals surface area contributed by atoms with Crippen LogP contribution < -0.4 is 5.73 Å². The first kappa shape index (κ1) is 11.0. The van der Waals surface area contributed by atoms with Gasteiger partial charge in [0.05, 0.1) is 6.20 Å². The molecule has 2 N–H and O–H groups in total. The molecule has 2 heterocycles. The molecule has 15 heavy (non-hydrogen) atoms. The van der Waals surface area contributed by atoms with Crippen LogP contribution in [0.1, 0.15) is 31.4 Å². The predicted octanol–water partition coefficient (Wildman–Crippen LogP) is 1.96.